The summed E-state index contributed by atoms with van der Waals surface area (Å²) in [5.41, 5.74) is 1.63. The molecule has 0 aliphatic carbocycles. The number of aromatic nitrogens is 2. The van der Waals surface area contributed by atoms with Gasteiger partial charge in [0.1, 0.15) is 5.65 Å². The molecule has 1 atom stereocenters. The molecule has 2 rings (SSSR count). The van der Waals surface area contributed by atoms with Gasteiger partial charge in [-0.15, -0.1) is 0 Å². The van der Waals surface area contributed by atoms with Crippen LogP contribution in [0, 0.1) is 5.41 Å². The van der Waals surface area contributed by atoms with Gasteiger partial charge < -0.3 is 15.4 Å². The topological polar surface area (TPSA) is 78.0 Å². The number of amides is 1. The molecule has 5 nitrogen and oxygen atoms in total. The lowest BCUT2D eigenvalue weighted by Gasteiger charge is -2.26. The number of pyridine rings is 1. The Morgan fingerprint density at radius 2 is 2.29 bits per heavy atom. The fraction of sp³-hybridized carbons (Fsp3) is 0.500. The normalized spacial score (nSPS) is 13.3. The van der Waals surface area contributed by atoms with Crippen molar-refractivity contribution in [2.45, 2.75) is 39.7 Å². The molecule has 5 heteroatoms. The van der Waals surface area contributed by atoms with Crippen LogP contribution in [0.2, 0.25) is 0 Å². The van der Waals surface area contributed by atoms with Crippen LogP contribution in [-0.4, -0.2) is 33.6 Å². The van der Waals surface area contributed by atoms with Gasteiger partial charge in [0.2, 0.25) is 5.91 Å². The van der Waals surface area contributed by atoms with Crippen molar-refractivity contribution in [3.05, 3.63) is 30.1 Å². The SMILES string of the molecule is CC(O)CC(C)(C)CNC(=O)Cc1c[nH]c2ncccc12. The summed E-state index contributed by atoms with van der Waals surface area (Å²) in [5, 5.41) is 13.4. The van der Waals surface area contributed by atoms with Gasteiger partial charge in [-0.1, -0.05) is 13.8 Å². The molecule has 0 aliphatic rings. The minimum absolute atomic E-state index is 0.0154. The number of nitrogens with zero attached hydrogens (tertiary/aromatic N) is 1. The highest BCUT2D eigenvalue weighted by Gasteiger charge is 2.21. The minimum Gasteiger partial charge on any atom is -0.393 e. The molecule has 0 aliphatic heterocycles. The molecule has 1 amide bonds. The van der Waals surface area contributed by atoms with E-state index < -0.39 is 0 Å². The molecule has 0 saturated carbocycles. The number of hydrogen-bond donors (Lipinski definition) is 3. The first-order chi connectivity index (χ1) is 9.87. The van der Waals surface area contributed by atoms with E-state index in [0.717, 1.165) is 16.6 Å². The summed E-state index contributed by atoms with van der Waals surface area (Å²) in [6.07, 6.45) is 4.18. The third kappa shape index (κ3) is 4.29. The molecule has 0 aromatic carbocycles. The van der Waals surface area contributed by atoms with Crippen LogP contribution >= 0.6 is 0 Å². The van der Waals surface area contributed by atoms with E-state index in [-0.39, 0.29) is 17.4 Å². The average Bonchev–Trinajstić information content (AvgIpc) is 2.79. The number of H-pyrrole nitrogens is 1. The number of fused-ring (bicyclic) bond motifs is 1. The summed E-state index contributed by atoms with van der Waals surface area (Å²) >= 11 is 0. The smallest absolute Gasteiger partial charge is 0.224 e. The number of carbonyl (C=O) groups is 1. The summed E-state index contributed by atoms with van der Waals surface area (Å²) in [6, 6.07) is 3.82. The van der Waals surface area contributed by atoms with Crippen molar-refractivity contribution in [2.24, 2.45) is 5.41 Å². The van der Waals surface area contributed by atoms with Crippen LogP contribution in [0.3, 0.4) is 0 Å². The molecule has 2 aromatic heterocycles. The number of nitrogens with one attached hydrogen (secondary N) is 2. The highest BCUT2D eigenvalue weighted by molar-refractivity contribution is 5.87. The van der Waals surface area contributed by atoms with E-state index in [9.17, 15) is 9.90 Å². The second kappa shape index (κ2) is 6.26. The van der Waals surface area contributed by atoms with E-state index in [2.05, 4.69) is 15.3 Å². The number of carbonyl (C=O) groups excluding carboxylic acids is 1. The van der Waals surface area contributed by atoms with Crippen LogP contribution in [0.25, 0.3) is 11.0 Å². The number of hydrogen-bond acceptors (Lipinski definition) is 3. The predicted molar refractivity (Wildman–Crippen MR) is 82.9 cm³/mol. The summed E-state index contributed by atoms with van der Waals surface area (Å²) in [5.74, 6) is -0.0154. The van der Waals surface area contributed by atoms with Gasteiger partial charge >= 0.3 is 0 Å². The van der Waals surface area contributed by atoms with Crippen molar-refractivity contribution in [1.82, 2.24) is 15.3 Å². The highest BCUT2D eigenvalue weighted by atomic mass is 16.3. The fourth-order valence-corrected chi connectivity index (χ4v) is 2.60. The molecule has 0 spiro atoms. The lowest BCUT2D eigenvalue weighted by Crippen LogP contribution is -2.36. The molecule has 0 saturated heterocycles. The molecule has 0 bridgehead atoms. The van der Waals surface area contributed by atoms with Gasteiger partial charge in [-0.2, -0.15) is 0 Å². The maximum atomic E-state index is 12.1. The Labute approximate surface area is 124 Å². The predicted octanol–water partition coefficient (Wildman–Crippen LogP) is 2.02. The maximum absolute atomic E-state index is 12.1. The van der Waals surface area contributed by atoms with Crippen molar-refractivity contribution in [1.29, 1.82) is 0 Å². The maximum Gasteiger partial charge on any atom is 0.224 e. The van der Waals surface area contributed by atoms with Crippen molar-refractivity contribution >= 4 is 16.9 Å². The number of rotatable bonds is 6. The van der Waals surface area contributed by atoms with Crippen molar-refractivity contribution < 1.29 is 9.90 Å². The quantitative estimate of drug-likeness (QED) is 0.761. The van der Waals surface area contributed by atoms with E-state index in [1.165, 1.54) is 0 Å². The van der Waals surface area contributed by atoms with Gasteiger partial charge in [0, 0.05) is 24.3 Å². The van der Waals surface area contributed by atoms with Gasteiger partial charge in [0.15, 0.2) is 0 Å². The van der Waals surface area contributed by atoms with Crippen molar-refractivity contribution in [2.75, 3.05) is 6.54 Å². The summed E-state index contributed by atoms with van der Waals surface area (Å²) in [6.45, 7) is 6.39. The summed E-state index contributed by atoms with van der Waals surface area (Å²) < 4.78 is 0. The molecule has 114 valence electrons. The fourth-order valence-electron chi connectivity index (χ4n) is 2.60. The van der Waals surface area contributed by atoms with Gasteiger partial charge in [0.25, 0.3) is 0 Å². The van der Waals surface area contributed by atoms with E-state index in [0.29, 0.717) is 19.4 Å². The lowest BCUT2D eigenvalue weighted by molar-refractivity contribution is -0.121. The second-order valence-electron chi connectivity index (χ2n) is 6.38. The number of aliphatic hydroxyl groups is 1. The van der Waals surface area contributed by atoms with Gasteiger partial charge in [-0.25, -0.2) is 4.98 Å². The average molecular weight is 289 g/mol. The zero-order valence-electron chi connectivity index (χ0n) is 12.8. The minimum atomic E-state index is -0.364. The van der Waals surface area contributed by atoms with Crippen molar-refractivity contribution in [3.8, 4) is 0 Å². The zero-order chi connectivity index (χ0) is 15.5. The third-order valence-electron chi connectivity index (χ3n) is 3.50. The van der Waals surface area contributed by atoms with E-state index >= 15 is 0 Å². The Morgan fingerprint density at radius 1 is 1.52 bits per heavy atom. The van der Waals surface area contributed by atoms with E-state index in [4.69, 9.17) is 0 Å². The Morgan fingerprint density at radius 3 is 3.00 bits per heavy atom. The Bertz CT molecular complexity index is 617. The first-order valence-electron chi connectivity index (χ1n) is 7.23. The third-order valence-corrected chi connectivity index (χ3v) is 3.50. The largest absolute Gasteiger partial charge is 0.393 e. The molecule has 0 fully saturated rings. The van der Waals surface area contributed by atoms with Crippen LogP contribution in [0.1, 0.15) is 32.8 Å². The monoisotopic (exact) mass is 289 g/mol. The highest BCUT2D eigenvalue weighted by Crippen LogP contribution is 2.21. The molecule has 3 N–H and O–H groups in total. The van der Waals surface area contributed by atoms with Gasteiger partial charge in [0.05, 0.1) is 12.5 Å². The first kappa shape index (κ1) is 15.5. The van der Waals surface area contributed by atoms with Crippen LogP contribution in [0.4, 0.5) is 0 Å². The zero-order valence-corrected chi connectivity index (χ0v) is 12.8. The Hall–Kier alpha value is -1.88. The standard InChI is InChI=1S/C16H23N3O2/c1-11(20)8-16(2,3)10-19-14(21)7-12-9-18-15-13(12)5-4-6-17-15/h4-6,9,11,20H,7-8,10H2,1-3H3,(H,17,18)(H,19,21). The molecule has 2 aromatic rings. The number of aromatic amines is 1. The van der Waals surface area contributed by atoms with Crippen molar-refractivity contribution in [3.63, 3.8) is 0 Å². The van der Waals surface area contributed by atoms with E-state index in [1.54, 1.807) is 13.1 Å². The van der Waals surface area contributed by atoms with E-state index in [1.807, 2.05) is 32.2 Å². The number of aliphatic hydroxyl groups excluding tert-OH is 1. The first-order valence-corrected chi connectivity index (χ1v) is 7.23. The second-order valence-corrected chi connectivity index (χ2v) is 6.38. The van der Waals surface area contributed by atoms with Gasteiger partial charge in [-0.05, 0) is 36.5 Å². The summed E-state index contributed by atoms with van der Waals surface area (Å²) in [4.78, 5) is 19.4. The molecule has 1 unspecified atom stereocenters. The molecule has 0 radical (unpaired) electrons. The van der Waals surface area contributed by atoms with Gasteiger partial charge in [-0.3, -0.25) is 4.79 Å². The lowest BCUT2D eigenvalue weighted by atomic mass is 9.87. The van der Waals surface area contributed by atoms with Crippen LogP contribution in [0.5, 0.6) is 0 Å². The Balaban J connectivity index is 1.93. The molecular weight excluding hydrogens is 266 g/mol. The molecule has 21 heavy (non-hydrogen) atoms. The van der Waals surface area contributed by atoms with Crippen LogP contribution < -0.4 is 5.32 Å². The molecule has 2 heterocycles. The van der Waals surface area contributed by atoms with Crippen LogP contribution in [-0.2, 0) is 11.2 Å². The van der Waals surface area contributed by atoms with Crippen LogP contribution in [0.15, 0.2) is 24.5 Å². The molecular formula is C16H23N3O2. The Kier molecular flexibility index (Phi) is 4.63. The summed E-state index contributed by atoms with van der Waals surface area (Å²) in [7, 11) is 0.